The van der Waals surface area contributed by atoms with E-state index < -0.39 is 11.9 Å². The van der Waals surface area contributed by atoms with E-state index in [1.165, 1.54) is 0 Å². The summed E-state index contributed by atoms with van der Waals surface area (Å²) in [5.41, 5.74) is 6.05. The van der Waals surface area contributed by atoms with Crippen molar-refractivity contribution in [3.8, 4) is 11.5 Å². The van der Waals surface area contributed by atoms with Crippen molar-refractivity contribution in [2.24, 2.45) is 5.73 Å². The Labute approximate surface area is 101 Å². The minimum absolute atomic E-state index is 0.446. The summed E-state index contributed by atoms with van der Waals surface area (Å²) in [4.78, 5) is 11.4. The molecule has 0 heterocycles. The highest BCUT2D eigenvalue weighted by atomic mass is 16.5. The summed E-state index contributed by atoms with van der Waals surface area (Å²) in [6, 6.07) is 4.69. The molecular weight excluding hydrogens is 220 g/mol. The lowest BCUT2D eigenvalue weighted by Gasteiger charge is -2.18. The van der Waals surface area contributed by atoms with Crippen LogP contribution in [0, 0.1) is 0 Å². The molecule has 1 aromatic carbocycles. The molecule has 17 heavy (non-hydrogen) atoms. The molecule has 0 radical (unpaired) electrons. The quantitative estimate of drug-likeness (QED) is 0.770. The lowest BCUT2D eigenvalue weighted by molar-refractivity contribution is -0.120. The van der Waals surface area contributed by atoms with E-state index in [2.05, 4.69) is 5.32 Å². The van der Waals surface area contributed by atoms with E-state index in [0.29, 0.717) is 23.6 Å². The molecule has 94 valence electrons. The average molecular weight is 238 g/mol. The minimum atomic E-state index is -0.579. The van der Waals surface area contributed by atoms with Gasteiger partial charge in [-0.15, -0.1) is 0 Å². The van der Waals surface area contributed by atoms with Gasteiger partial charge < -0.3 is 20.5 Å². The molecule has 5 heteroatoms. The standard InChI is InChI=1S/C12H18N2O3/c1-4-14-11(12(13)15)9-7-8(16-2)5-6-10(9)17-3/h5-7,11,14H,4H2,1-3H3,(H2,13,15). The lowest BCUT2D eigenvalue weighted by Crippen LogP contribution is -2.33. The van der Waals surface area contributed by atoms with Gasteiger partial charge in [0.2, 0.25) is 5.91 Å². The zero-order valence-corrected chi connectivity index (χ0v) is 10.3. The SMILES string of the molecule is CCNC(C(N)=O)c1cc(OC)ccc1OC. The van der Waals surface area contributed by atoms with E-state index >= 15 is 0 Å². The maximum atomic E-state index is 11.4. The van der Waals surface area contributed by atoms with Crippen LogP contribution in [0.5, 0.6) is 11.5 Å². The number of methoxy groups -OCH3 is 2. The molecule has 0 saturated carbocycles. The monoisotopic (exact) mass is 238 g/mol. The first-order valence-corrected chi connectivity index (χ1v) is 5.38. The van der Waals surface area contributed by atoms with Gasteiger partial charge in [0.1, 0.15) is 17.5 Å². The van der Waals surface area contributed by atoms with E-state index in [0.717, 1.165) is 0 Å². The topological polar surface area (TPSA) is 73.6 Å². The third-order valence-electron chi connectivity index (χ3n) is 2.44. The summed E-state index contributed by atoms with van der Waals surface area (Å²) in [6.45, 7) is 2.54. The van der Waals surface area contributed by atoms with Crippen LogP contribution in [0.1, 0.15) is 18.5 Å². The van der Waals surface area contributed by atoms with Crippen LogP contribution in [0.15, 0.2) is 18.2 Å². The van der Waals surface area contributed by atoms with Gasteiger partial charge in [-0.05, 0) is 24.7 Å². The number of amides is 1. The van der Waals surface area contributed by atoms with E-state index in [9.17, 15) is 4.79 Å². The number of likely N-dealkylation sites (N-methyl/N-ethyl adjacent to an activating group) is 1. The van der Waals surface area contributed by atoms with E-state index in [1.54, 1.807) is 32.4 Å². The number of rotatable bonds is 6. The first-order valence-electron chi connectivity index (χ1n) is 5.38. The van der Waals surface area contributed by atoms with Crippen LogP contribution in [-0.2, 0) is 4.79 Å². The van der Waals surface area contributed by atoms with Crippen molar-refractivity contribution in [2.75, 3.05) is 20.8 Å². The molecule has 1 unspecified atom stereocenters. The number of hydrogen-bond acceptors (Lipinski definition) is 4. The van der Waals surface area contributed by atoms with Crippen molar-refractivity contribution in [3.05, 3.63) is 23.8 Å². The molecule has 1 aromatic rings. The largest absolute Gasteiger partial charge is 0.497 e. The fourth-order valence-electron chi connectivity index (χ4n) is 1.63. The average Bonchev–Trinajstić information content (AvgIpc) is 2.34. The summed E-state index contributed by atoms with van der Waals surface area (Å²) >= 11 is 0. The van der Waals surface area contributed by atoms with Gasteiger partial charge in [0.15, 0.2) is 0 Å². The van der Waals surface area contributed by atoms with Crippen molar-refractivity contribution in [1.82, 2.24) is 5.32 Å². The molecule has 1 amide bonds. The molecule has 3 N–H and O–H groups in total. The van der Waals surface area contributed by atoms with Gasteiger partial charge in [-0.25, -0.2) is 0 Å². The van der Waals surface area contributed by atoms with E-state index in [-0.39, 0.29) is 0 Å². The molecule has 0 fully saturated rings. The second-order valence-corrected chi connectivity index (χ2v) is 3.50. The Morgan fingerprint density at radius 3 is 2.59 bits per heavy atom. The molecule has 0 aliphatic heterocycles. The molecular formula is C12H18N2O3. The Hall–Kier alpha value is -1.75. The fraction of sp³-hybridized carbons (Fsp3) is 0.417. The van der Waals surface area contributed by atoms with Gasteiger partial charge >= 0.3 is 0 Å². The second-order valence-electron chi connectivity index (χ2n) is 3.50. The smallest absolute Gasteiger partial charge is 0.239 e. The molecule has 0 aliphatic carbocycles. The lowest BCUT2D eigenvalue weighted by atomic mass is 10.0. The summed E-state index contributed by atoms with van der Waals surface area (Å²) < 4.78 is 10.3. The number of nitrogens with one attached hydrogen (secondary N) is 1. The van der Waals surface area contributed by atoms with E-state index in [1.807, 2.05) is 6.92 Å². The van der Waals surface area contributed by atoms with Crippen LogP contribution < -0.4 is 20.5 Å². The molecule has 0 aliphatic rings. The molecule has 1 atom stereocenters. The van der Waals surface area contributed by atoms with Crippen LogP contribution in [-0.4, -0.2) is 26.7 Å². The highest BCUT2D eigenvalue weighted by Crippen LogP contribution is 2.29. The zero-order valence-electron chi connectivity index (χ0n) is 10.3. The van der Waals surface area contributed by atoms with Crippen molar-refractivity contribution >= 4 is 5.91 Å². The second kappa shape index (κ2) is 6.10. The number of ether oxygens (including phenoxy) is 2. The van der Waals surface area contributed by atoms with Crippen LogP contribution in [0.4, 0.5) is 0 Å². The Bertz CT molecular complexity index is 393. The van der Waals surface area contributed by atoms with Crippen molar-refractivity contribution in [2.45, 2.75) is 13.0 Å². The Morgan fingerprint density at radius 1 is 1.41 bits per heavy atom. The summed E-state index contributed by atoms with van der Waals surface area (Å²) in [6.07, 6.45) is 0. The number of benzene rings is 1. The van der Waals surface area contributed by atoms with Crippen LogP contribution >= 0.6 is 0 Å². The normalized spacial score (nSPS) is 11.9. The summed E-state index contributed by atoms with van der Waals surface area (Å²) in [5, 5.41) is 3.01. The number of carbonyl (C=O) groups is 1. The number of primary amides is 1. The molecule has 0 aromatic heterocycles. The fourth-order valence-corrected chi connectivity index (χ4v) is 1.63. The van der Waals surface area contributed by atoms with Gasteiger partial charge in [-0.3, -0.25) is 4.79 Å². The number of carbonyl (C=O) groups excluding carboxylic acids is 1. The Kier molecular flexibility index (Phi) is 4.78. The van der Waals surface area contributed by atoms with Gasteiger partial charge in [0.25, 0.3) is 0 Å². The van der Waals surface area contributed by atoms with Crippen LogP contribution in [0.25, 0.3) is 0 Å². The van der Waals surface area contributed by atoms with E-state index in [4.69, 9.17) is 15.2 Å². The predicted molar refractivity (Wildman–Crippen MR) is 65.2 cm³/mol. The molecule has 1 rings (SSSR count). The predicted octanol–water partition coefficient (Wildman–Crippen LogP) is 0.840. The van der Waals surface area contributed by atoms with Crippen molar-refractivity contribution < 1.29 is 14.3 Å². The summed E-state index contributed by atoms with van der Waals surface area (Å²) in [5.74, 6) is 0.818. The highest BCUT2D eigenvalue weighted by Gasteiger charge is 2.21. The van der Waals surface area contributed by atoms with Crippen LogP contribution in [0.3, 0.4) is 0 Å². The number of hydrogen-bond donors (Lipinski definition) is 2. The van der Waals surface area contributed by atoms with Gasteiger partial charge in [-0.2, -0.15) is 0 Å². The van der Waals surface area contributed by atoms with Crippen molar-refractivity contribution in [1.29, 1.82) is 0 Å². The first-order chi connectivity index (χ1) is 8.13. The molecule has 0 spiro atoms. The Morgan fingerprint density at radius 2 is 2.12 bits per heavy atom. The Balaban J connectivity index is 3.18. The van der Waals surface area contributed by atoms with Crippen LogP contribution in [0.2, 0.25) is 0 Å². The summed E-state index contributed by atoms with van der Waals surface area (Å²) in [7, 11) is 3.12. The highest BCUT2D eigenvalue weighted by molar-refractivity contribution is 5.82. The van der Waals surface area contributed by atoms with Gasteiger partial charge in [0, 0.05) is 5.56 Å². The third-order valence-corrected chi connectivity index (χ3v) is 2.44. The third kappa shape index (κ3) is 3.10. The first kappa shape index (κ1) is 13.3. The molecule has 5 nitrogen and oxygen atoms in total. The van der Waals surface area contributed by atoms with Gasteiger partial charge in [0.05, 0.1) is 14.2 Å². The molecule has 0 bridgehead atoms. The zero-order chi connectivity index (χ0) is 12.8. The van der Waals surface area contributed by atoms with Crippen molar-refractivity contribution in [3.63, 3.8) is 0 Å². The van der Waals surface area contributed by atoms with Gasteiger partial charge in [-0.1, -0.05) is 6.92 Å². The number of nitrogens with two attached hydrogens (primary N) is 1. The maximum Gasteiger partial charge on any atom is 0.239 e. The maximum absolute atomic E-state index is 11.4. The molecule has 0 saturated heterocycles. The minimum Gasteiger partial charge on any atom is -0.497 e.